The van der Waals surface area contributed by atoms with E-state index in [1.165, 1.54) is 18.2 Å². The van der Waals surface area contributed by atoms with Crippen molar-refractivity contribution >= 4 is 16.6 Å². The van der Waals surface area contributed by atoms with E-state index in [0.29, 0.717) is 47.3 Å². The van der Waals surface area contributed by atoms with Crippen LogP contribution in [0.25, 0.3) is 33.2 Å². The lowest BCUT2D eigenvalue weighted by Crippen LogP contribution is -2.50. The van der Waals surface area contributed by atoms with Crippen LogP contribution >= 0.6 is 0 Å². The van der Waals surface area contributed by atoms with Gasteiger partial charge in [-0.3, -0.25) is 4.98 Å². The summed E-state index contributed by atoms with van der Waals surface area (Å²) in [5.41, 5.74) is 10.7. The molecule has 2 atom stereocenters. The van der Waals surface area contributed by atoms with Crippen molar-refractivity contribution in [2.45, 2.75) is 25.5 Å². The first-order valence-electron chi connectivity index (χ1n) is 13.0. The Bertz CT molecular complexity index is 1580. The van der Waals surface area contributed by atoms with Gasteiger partial charge in [-0.25, -0.2) is 8.78 Å². The van der Waals surface area contributed by atoms with Gasteiger partial charge in [0.05, 0.1) is 29.5 Å². The Hall–Kier alpha value is -4.10. The molecule has 206 valence electrons. The fourth-order valence-electron chi connectivity index (χ4n) is 5.22. The van der Waals surface area contributed by atoms with Gasteiger partial charge in [0.2, 0.25) is 0 Å². The van der Waals surface area contributed by atoms with Gasteiger partial charge in [0.15, 0.2) is 0 Å². The van der Waals surface area contributed by atoms with E-state index >= 15 is 0 Å². The number of aliphatic hydroxyl groups is 1. The van der Waals surface area contributed by atoms with Crippen molar-refractivity contribution in [2.24, 2.45) is 5.73 Å². The van der Waals surface area contributed by atoms with Crippen molar-refractivity contribution in [2.75, 3.05) is 38.3 Å². The maximum Gasteiger partial charge on any atom is 0.145 e. The molecule has 0 saturated carbocycles. The third-order valence-corrected chi connectivity index (χ3v) is 7.16. The first kappa shape index (κ1) is 27.5. The minimum absolute atomic E-state index is 0.0710. The van der Waals surface area contributed by atoms with E-state index in [-0.39, 0.29) is 36.3 Å². The van der Waals surface area contributed by atoms with Gasteiger partial charge in [0.25, 0.3) is 0 Å². The molecule has 3 aromatic carbocycles. The van der Waals surface area contributed by atoms with Crippen LogP contribution < -0.4 is 15.4 Å². The Kier molecular flexibility index (Phi) is 7.94. The normalized spacial score (nSPS) is 17.2. The Morgan fingerprint density at radius 2 is 1.88 bits per heavy atom. The first-order valence-corrected chi connectivity index (χ1v) is 13.0. The van der Waals surface area contributed by atoms with Gasteiger partial charge < -0.3 is 25.2 Å². The second-order valence-corrected chi connectivity index (χ2v) is 10.0. The number of aryl methyl sites for hydroxylation is 1. The quantitative estimate of drug-likeness (QED) is 0.317. The van der Waals surface area contributed by atoms with Crippen LogP contribution in [0.1, 0.15) is 17.5 Å². The number of methoxy groups -OCH3 is 1. The number of hydrogen-bond acceptors (Lipinski definition) is 7. The molecule has 9 heteroatoms. The zero-order chi connectivity index (χ0) is 28.4. The molecule has 5 rings (SSSR count). The Labute approximate surface area is 231 Å². The molecule has 1 aliphatic rings. The molecule has 0 amide bonds. The molecule has 0 unspecified atom stereocenters. The summed E-state index contributed by atoms with van der Waals surface area (Å²) in [6.45, 7) is 3.16. The number of piperidine rings is 1. The average molecular weight is 545 g/mol. The number of fused-ring (bicyclic) bond motifs is 1. The third-order valence-electron chi connectivity index (χ3n) is 7.16. The van der Waals surface area contributed by atoms with E-state index in [4.69, 9.17) is 15.2 Å². The zero-order valence-corrected chi connectivity index (χ0v) is 22.3. The minimum Gasteiger partial charge on any atom is -0.489 e. The molecular formula is C31H30F2N4O3. The molecule has 0 bridgehead atoms. The van der Waals surface area contributed by atoms with E-state index in [2.05, 4.69) is 4.98 Å². The van der Waals surface area contributed by atoms with Crippen LogP contribution in [0.4, 0.5) is 14.5 Å². The molecule has 0 aliphatic carbocycles. The topological polar surface area (TPSA) is 105 Å². The van der Waals surface area contributed by atoms with Gasteiger partial charge in [-0.15, -0.1) is 0 Å². The molecule has 3 N–H and O–H groups in total. The van der Waals surface area contributed by atoms with Crippen molar-refractivity contribution < 1.29 is 23.4 Å². The van der Waals surface area contributed by atoms with E-state index in [9.17, 15) is 19.1 Å². The predicted molar refractivity (Wildman–Crippen MR) is 150 cm³/mol. The van der Waals surface area contributed by atoms with Crippen LogP contribution in [0.15, 0.2) is 54.7 Å². The molecule has 0 radical (unpaired) electrons. The monoisotopic (exact) mass is 544 g/mol. The van der Waals surface area contributed by atoms with Crippen molar-refractivity contribution in [1.29, 1.82) is 5.26 Å². The van der Waals surface area contributed by atoms with Crippen molar-refractivity contribution in [3.8, 4) is 34.1 Å². The second kappa shape index (κ2) is 11.6. The maximum absolute atomic E-state index is 14.7. The number of benzene rings is 3. The average Bonchev–Trinajstić information content (AvgIpc) is 2.93. The van der Waals surface area contributed by atoms with Crippen LogP contribution in [0.3, 0.4) is 0 Å². The summed E-state index contributed by atoms with van der Waals surface area (Å²) in [6, 6.07) is 14.4. The molecule has 40 heavy (non-hydrogen) atoms. The Morgan fingerprint density at radius 3 is 2.60 bits per heavy atom. The number of pyridine rings is 1. The number of rotatable bonds is 7. The van der Waals surface area contributed by atoms with Gasteiger partial charge in [-0.05, 0) is 66.4 Å². The zero-order valence-electron chi connectivity index (χ0n) is 22.3. The van der Waals surface area contributed by atoms with Gasteiger partial charge >= 0.3 is 0 Å². The lowest BCUT2D eigenvalue weighted by molar-refractivity contribution is 0.132. The summed E-state index contributed by atoms with van der Waals surface area (Å²) >= 11 is 0. The number of hydrogen-bond donors (Lipinski definition) is 2. The highest BCUT2D eigenvalue weighted by Gasteiger charge is 2.28. The summed E-state index contributed by atoms with van der Waals surface area (Å²) < 4.78 is 40.1. The molecule has 1 aliphatic heterocycles. The summed E-state index contributed by atoms with van der Waals surface area (Å²) in [4.78, 5) is 6.71. The van der Waals surface area contributed by atoms with Crippen molar-refractivity contribution in [3.63, 3.8) is 0 Å². The maximum atomic E-state index is 14.7. The number of ether oxygens (including phenoxy) is 2. The highest BCUT2D eigenvalue weighted by Crippen LogP contribution is 2.41. The number of aliphatic hydroxyl groups excluding tert-OH is 1. The summed E-state index contributed by atoms with van der Waals surface area (Å²) in [5, 5.41) is 21.1. The minimum atomic E-state index is -0.746. The number of nitrogens with zero attached hydrogens (tertiary/aromatic N) is 3. The number of nitrogens with two attached hydrogens (primary N) is 1. The fourth-order valence-corrected chi connectivity index (χ4v) is 5.22. The Balaban J connectivity index is 1.74. The van der Waals surface area contributed by atoms with Crippen LogP contribution in [0, 0.1) is 29.9 Å². The Morgan fingerprint density at radius 1 is 1.07 bits per heavy atom. The standard InChI is InChI=1S/C31H30F2N4O3/c1-18-9-20(11-22(32)10-18)26-16-36-28-4-3-19(13-25(28)30(26)37-6-5-27(35)29(38)17-37)24-14-23(33)12-21(15-34)31(24)40-8-7-39-2/h3-4,9-14,16,27,29,38H,5-8,17,35H2,1-2H3/t27-,29+/m0/s1. The number of β-amino-alcohol motifs (C(OH)–C–C–N with tert-alkyl or cyclic N) is 1. The SMILES string of the molecule is COCCOc1c(C#N)cc(F)cc1-c1ccc2ncc(-c3cc(C)cc(F)c3)c(N3CC[C@H](N)[C@H](O)C3)c2c1. The van der Waals surface area contributed by atoms with E-state index in [0.717, 1.165) is 22.7 Å². The van der Waals surface area contributed by atoms with Gasteiger partial charge in [-0.1, -0.05) is 12.1 Å². The largest absolute Gasteiger partial charge is 0.489 e. The van der Waals surface area contributed by atoms with Crippen LogP contribution in [-0.2, 0) is 4.74 Å². The number of anilines is 1. The van der Waals surface area contributed by atoms with E-state index < -0.39 is 11.9 Å². The van der Waals surface area contributed by atoms with E-state index in [1.807, 2.05) is 36.1 Å². The van der Waals surface area contributed by atoms with Crippen LogP contribution in [0.5, 0.6) is 5.75 Å². The van der Waals surface area contributed by atoms with Crippen molar-refractivity contribution in [3.05, 3.63) is 77.5 Å². The molecule has 2 heterocycles. The molecule has 1 fully saturated rings. The second-order valence-electron chi connectivity index (χ2n) is 10.0. The summed E-state index contributed by atoms with van der Waals surface area (Å²) in [5.74, 6) is -0.676. The summed E-state index contributed by atoms with van der Waals surface area (Å²) in [7, 11) is 1.54. The third kappa shape index (κ3) is 5.47. The van der Waals surface area contributed by atoms with Crippen LogP contribution in [-0.4, -0.2) is 55.6 Å². The molecule has 4 aromatic rings. The van der Waals surface area contributed by atoms with Gasteiger partial charge in [0, 0.05) is 49.0 Å². The molecule has 7 nitrogen and oxygen atoms in total. The number of aromatic nitrogens is 1. The molecule has 1 aromatic heterocycles. The highest BCUT2D eigenvalue weighted by molar-refractivity contribution is 6.02. The number of nitriles is 1. The fraction of sp³-hybridized carbons (Fsp3) is 0.290. The molecule has 0 spiro atoms. The smallest absolute Gasteiger partial charge is 0.145 e. The van der Waals surface area contributed by atoms with Crippen LogP contribution in [0.2, 0.25) is 0 Å². The van der Waals surface area contributed by atoms with Gasteiger partial charge in [-0.2, -0.15) is 5.26 Å². The van der Waals surface area contributed by atoms with E-state index in [1.54, 1.807) is 19.4 Å². The van der Waals surface area contributed by atoms with Crippen molar-refractivity contribution in [1.82, 2.24) is 4.98 Å². The molecular weight excluding hydrogens is 514 g/mol. The highest BCUT2D eigenvalue weighted by atomic mass is 19.1. The predicted octanol–water partition coefficient (Wildman–Crippen LogP) is 4.95. The first-order chi connectivity index (χ1) is 19.3. The lowest BCUT2D eigenvalue weighted by Gasteiger charge is -2.37. The molecule has 1 saturated heterocycles. The number of halogens is 2. The van der Waals surface area contributed by atoms with Gasteiger partial charge in [0.1, 0.15) is 30.1 Å². The summed E-state index contributed by atoms with van der Waals surface area (Å²) in [6.07, 6.45) is 1.53. The lowest BCUT2D eigenvalue weighted by atomic mass is 9.94.